The van der Waals surface area contributed by atoms with Gasteiger partial charge in [-0.25, -0.2) is 0 Å². The van der Waals surface area contributed by atoms with Crippen LogP contribution in [-0.4, -0.2) is 21.2 Å². The van der Waals surface area contributed by atoms with Gasteiger partial charge >= 0.3 is 0 Å². The molecule has 0 bridgehead atoms. The average Bonchev–Trinajstić information content (AvgIpc) is 3.30. The number of H-pyrrole nitrogens is 1. The summed E-state index contributed by atoms with van der Waals surface area (Å²) in [6, 6.07) is 32.3. The van der Waals surface area contributed by atoms with Crippen LogP contribution in [0.1, 0.15) is 22.9 Å². The van der Waals surface area contributed by atoms with Gasteiger partial charge in [0.2, 0.25) is 0 Å². The number of benzene rings is 4. The van der Waals surface area contributed by atoms with E-state index in [-0.39, 0.29) is 0 Å². The van der Waals surface area contributed by atoms with Crippen LogP contribution < -0.4 is 10.6 Å². The van der Waals surface area contributed by atoms with Crippen LogP contribution in [0.3, 0.4) is 0 Å². The summed E-state index contributed by atoms with van der Waals surface area (Å²) in [5.41, 5.74) is 5.73. The van der Waals surface area contributed by atoms with Crippen LogP contribution in [0.2, 0.25) is 0 Å². The maximum Gasteiger partial charge on any atom is 0.257 e. The molecule has 0 saturated carbocycles. The van der Waals surface area contributed by atoms with E-state index in [1.807, 2.05) is 84.9 Å². The Bertz CT molecular complexity index is 1480. The maximum atomic E-state index is 12.5. The first kappa shape index (κ1) is 22.1. The predicted molar refractivity (Wildman–Crippen MR) is 141 cm³/mol. The Balaban J connectivity index is 1.28. The Morgan fingerprint density at radius 3 is 2.31 bits per heavy atom. The van der Waals surface area contributed by atoms with Crippen molar-refractivity contribution >= 4 is 46.0 Å². The predicted octanol–water partition coefficient (Wildman–Crippen LogP) is 6.15. The second-order valence-electron chi connectivity index (χ2n) is 8.12. The second kappa shape index (κ2) is 10.1. The SMILES string of the molecule is O=C(Nc1cccc(Nc2ccc3c(/C=C/c4ccccc4)n[nH]c3c2)c1)C(O)c1ccccc1. The van der Waals surface area contributed by atoms with E-state index >= 15 is 0 Å². The van der Waals surface area contributed by atoms with Crippen molar-refractivity contribution in [3.63, 3.8) is 0 Å². The lowest BCUT2D eigenvalue weighted by atomic mass is 10.1. The molecule has 0 aliphatic heterocycles. The van der Waals surface area contributed by atoms with E-state index in [9.17, 15) is 9.90 Å². The van der Waals surface area contributed by atoms with Gasteiger partial charge < -0.3 is 15.7 Å². The van der Waals surface area contributed by atoms with Gasteiger partial charge in [0, 0.05) is 22.4 Å². The fourth-order valence-electron chi connectivity index (χ4n) is 3.82. The van der Waals surface area contributed by atoms with E-state index in [4.69, 9.17) is 0 Å². The van der Waals surface area contributed by atoms with E-state index in [0.717, 1.165) is 33.5 Å². The number of amides is 1. The van der Waals surface area contributed by atoms with Gasteiger partial charge in [-0.2, -0.15) is 5.10 Å². The summed E-state index contributed by atoms with van der Waals surface area (Å²) in [5.74, 6) is -0.483. The molecule has 0 radical (unpaired) electrons. The maximum absolute atomic E-state index is 12.5. The third-order valence-corrected chi connectivity index (χ3v) is 5.61. The largest absolute Gasteiger partial charge is 0.378 e. The van der Waals surface area contributed by atoms with Crippen molar-refractivity contribution in [2.24, 2.45) is 0 Å². The molecule has 4 aromatic carbocycles. The summed E-state index contributed by atoms with van der Waals surface area (Å²) >= 11 is 0. The van der Waals surface area contributed by atoms with Crippen LogP contribution in [0.25, 0.3) is 23.1 Å². The average molecular weight is 461 g/mol. The monoisotopic (exact) mass is 460 g/mol. The van der Waals surface area contributed by atoms with E-state index in [1.54, 1.807) is 30.3 Å². The van der Waals surface area contributed by atoms with Crippen LogP contribution in [-0.2, 0) is 4.79 Å². The van der Waals surface area contributed by atoms with Crippen LogP contribution in [0.4, 0.5) is 17.1 Å². The van der Waals surface area contributed by atoms with E-state index < -0.39 is 12.0 Å². The molecule has 6 heteroatoms. The molecule has 1 amide bonds. The molecule has 172 valence electrons. The first-order chi connectivity index (χ1) is 17.2. The molecule has 1 atom stereocenters. The first-order valence-electron chi connectivity index (χ1n) is 11.3. The highest BCUT2D eigenvalue weighted by molar-refractivity contribution is 5.95. The molecule has 35 heavy (non-hydrogen) atoms. The highest BCUT2D eigenvalue weighted by Crippen LogP contribution is 2.26. The molecule has 1 heterocycles. The van der Waals surface area contributed by atoms with Gasteiger partial charge in [-0.3, -0.25) is 9.89 Å². The van der Waals surface area contributed by atoms with Gasteiger partial charge in [0.1, 0.15) is 0 Å². The summed E-state index contributed by atoms with van der Waals surface area (Å²) in [4.78, 5) is 12.5. The Labute approximate surface area is 203 Å². The molecular weight excluding hydrogens is 436 g/mol. The van der Waals surface area contributed by atoms with Gasteiger partial charge in [-0.1, -0.05) is 72.8 Å². The summed E-state index contributed by atoms with van der Waals surface area (Å²) in [6.45, 7) is 0. The number of hydrogen-bond acceptors (Lipinski definition) is 4. The van der Waals surface area contributed by atoms with Gasteiger partial charge in [-0.05, 0) is 53.6 Å². The topological polar surface area (TPSA) is 90.0 Å². The van der Waals surface area contributed by atoms with Crippen LogP contribution >= 0.6 is 0 Å². The Morgan fingerprint density at radius 2 is 1.51 bits per heavy atom. The second-order valence-corrected chi connectivity index (χ2v) is 8.12. The zero-order chi connectivity index (χ0) is 24.0. The number of carbonyl (C=O) groups is 1. The minimum absolute atomic E-state index is 0.483. The number of anilines is 3. The number of nitrogens with zero attached hydrogens (tertiary/aromatic N) is 1. The van der Waals surface area contributed by atoms with Crippen molar-refractivity contribution in [2.45, 2.75) is 6.10 Å². The molecule has 5 rings (SSSR count). The molecule has 0 fully saturated rings. The number of aromatic amines is 1. The van der Waals surface area contributed by atoms with Crippen LogP contribution in [0, 0.1) is 0 Å². The molecule has 0 spiro atoms. The molecule has 1 aromatic heterocycles. The van der Waals surface area contributed by atoms with Crippen molar-refractivity contribution in [3.8, 4) is 0 Å². The minimum atomic E-state index is -1.24. The first-order valence-corrected chi connectivity index (χ1v) is 11.3. The van der Waals surface area contributed by atoms with Gasteiger partial charge in [0.15, 0.2) is 6.10 Å². The number of nitrogens with one attached hydrogen (secondary N) is 3. The Morgan fingerprint density at radius 1 is 0.800 bits per heavy atom. The lowest BCUT2D eigenvalue weighted by molar-refractivity contribution is -0.124. The van der Waals surface area contributed by atoms with E-state index in [1.165, 1.54) is 0 Å². The molecule has 0 saturated heterocycles. The van der Waals surface area contributed by atoms with Gasteiger partial charge in [0.25, 0.3) is 5.91 Å². The minimum Gasteiger partial charge on any atom is -0.378 e. The van der Waals surface area contributed by atoms with Crippen LogP contribution in [0.15, 0.2) is 103 Å². The quantitative estimate of drug-likeness (QED) is 0.235. The number of fused-ring (bicyclic) bond motifs is 1. The molecule has 0 aliphatic rings. The molecule has 5 aromatic rings. The van der Waals surface area contributed by atoms with Gasteiger partial charge in [-0.15, -0.1) is 0 Å². The van der Waals surface area contributed by atoms with Crippen molar-refractivity contribution in [2.75, 3.05) is 10.6 Å². The van der Waals surface area contributed by atoms with Gasteiger partial charge in [0.05, 0.1) is 11.2 Å². The summed E-state index contributed by atoms with van der Waals surface area (Å²) in [5, 5.41) is 25.0. The van der Waals surface area contributed by atoms with E-state index in [2.05, 4.69) is 20.8 Å². The number of aliphatic hydroxyl groups is 1. The molecule has 0 aliphatic carbocycles. The Hall–Kier alpha value is -4.68. The fraction of sp³-hybridized carbons (Fsp3) is 0.0345. The molecular formula is C29H24N4O2. The summed E-state index contributed by atoms with van der Waals surface area (Å²) in [6.07, 6.45) is 2.80. The standard InChI is InChI=1S/C29H24N4O2/c34-28(21-10-5-2-6-11-21)29(35)31-23-13-7-12-22(18-23)30-24-15-16-25-26(32-33-27(25)19-24)17-14-20-8-3-1-4-9-20/h1-19,28,30,34H,(H,31,35)(H,32,33)/b17-14+. The molecule has 1 unspecified atom stereocenters. The smallest absolute Gasteiger partial charge is 0.257 e. The zero-order valence-corrected chi connectivity index (χ0v) is 18.8. The zero-order valence-electron chi connectivity index (χ0n) is 18.8. The number of rotatable bonds is 7. The lowest BCUT2D eigenvalue weighted by Crippen LogP contribution is -2.20. The van der Waals surface area contributed by atoms with Crippen molar-refractivity contribution < 1.29 is 9.90 Å². The third-order valence-electron chi connectivity index (χ3n) is 5.61. The van der Waals surface area contributed by atoms with Crippen molar-refractivity contribution in [1.29, 1.82) is 0 Å². The van der Waals surface area contributed by atoms with Crippen LogP contribution in [0.5, 0.6) is 0 Å². The summed E-state index contributed by atoms with van der Waals surface area (Å²) in [7, 11) is 0. The van der Waals surface area contributed by atoms with E-state index in [0.29, 0.717) is 11.3 Å². The highest BCUT2D eigenvalue weighted by Gasteiger charge is 2.17. The molecule has 6 nitrogen and oxygen atoms in total. The lowest BCUT2D eigenvalue weighted by Gasteiger charge is -2.13. The number of carbonyl (C=O) groups excluding carboxylic acids is 1. The Kier molecular flexibility index (Phi) is 6.37. The normalized spacial score (nSPS) is 12.0. The highest BCUT2D eigenvalue weighted by atomic mass is 16.3. The fourth-order valence-corrected chi connectivity index (χ4v) is 3.82. The molecule has 4 N–H and O–H groups in total. The number of hydrogen-bond donors (Lipinski definition) is 4. The summed E-state index contributed by atoms with van der Waals surface area (Å²) < 4.78 is 0. The number of aliphatic hydroxyl groups excluding tert-OH is 1. The third kappa shape index (κ3) is 5.29. The van der Waals surface area contributed by atoms with Crippen molar-refractivity contribution in [3.05, 3.63) is 120 Å². The number of aromatic nitrogens is 2. The van der Waals surface area contributed by atoms with Crippen molar-refractivity contribution in [1.82, 2.24) is 10.2 Å².